The lowest BCUT2D eigenvalue weighted by Gasteiger charge is -2.06. The summed E-state index contributed by atoms with van der Waals surface area (Å²) in [7, 11) is 0. The number of benzene rings is 1. The van der Waals surface area contributed by atoms with E-state index in [1.54, 1.807) is 0 Å². The number of fused-ring (bicyclic) bond motifs is 1. The van der Waals surface area contributed by atoms with E-state index in [4.69, 9.17) is 0 Å². The standard InChI is InChI=1S/C19H21N3O/c1-3-4-8-19(23)20-16-7-5-6-15(11-16)17-13-22-12-14(2)9-10-18(22)21-17/h5-7,9-13H,3-4,8H2,1-2H3,(H,20,23). The number of anilines is 1. The van der Waals surface area contributed by atoms with Crippen LogP contribution >= 0.6 is 0 Å². The van der Waals surface area contributed by atoms with Crippen LogP contribution in [0, 0.1) is 6.92 Å². The number of amides is 1. The third-order valence-electron chi connectivity index (χ3n) is 3.80. The number of unbranched alkanes of at least 4 members (excludes halogenated alkanes) is 1. The second-order valence-corrected chi connectivity index (χ2v) is 5.83. The third-order valence-corrected chi connectivity index (χ3v) is 3.80. The maximum Gasteiger partial charge on any atom is 0.224 e. The predicted molar refractivity (Wildman–Crippen MR) is 93.5 cm³/mol. The molecule has 0 saturated heterocycles. The Hall–Kier alpha value is -2.62. The molecule has 0 atom stereocenters. The Labute approximate surface area is 136 Å². The lowest BCUT2D eigenvalue weighted by molar-refractivity contribution is -0.116. The van der Waals surface area contributed by atoms with Crippen LogP contribution in [0.5, 0.6) is 0 Å². The Kier molecular flexibility index (Phi) is 4.42. The molecule has 4 heteroatoms. The molecule has 0 aliphatic carbocycles. The van der Waals surface area contributed by atoms with Crippen molar-refractivity contribution in [1.82, 2.24) is 9.38 Å². The van der Waals surface area contributed by atoms with Gasteiger partial charge in [0.05, 0.1) is 5.69 Å². The fourth-order valence-corrected chi connectivity index (χ4v) is 2.56. The molecular weight excluding hydrogens is 286 g/mol. The molecule has 118 valence electrons. The molecule has 0 spiro atoms. The van der Waals surface area contributed by atoms with Gasteiger partial charge in [-0.25, -0.2) is 4.98 Å². The van der Waals surface area contributed by atoms with Gasteiger partial charge in [0.15, 0.2) is 0 Å². The Morgan fingerprint density at radius 2 is 2.09 bits per heavy atom. The van der Waals surface area contributed by atoms with Crippen LogP contribution in [0.15, 0.2) is 48.8 Å². The van der Waals surface area contributed by atoms with E-state index in [0.29, 0.717) is 6.42 Å². The molecule has 1 aromatic carbocycles. The average Bonchev–Trinajstić information content (AvgIpc) is 2.96. The molecule has 0 unspecified atom stereocenters. The molecule has 4 nitrogen and oxygen atoms in total. The molecule has 2 heterocycles. The van der Waals surface area contributed by atoms with Crippen molar-refractivity contribution in [3.05, 3.63) is 54.4 Å². The van der Waals surface area contributed by atoms with Crippen molar-refractivity contribution < 1.29 is 4.79 Å². The largest absolute Gasteiger partial charge is 0.326 e. The molecule has 2 aromatic heterocycles. The smallest absolute Gasteiger partial charge is 0.224 e. The van der Waals surface area contributed by atoms with Crippen LogP contribution in [0.2, 0.25) is 0 Å². The summed E-state index contributed by atoms with van der Waals surface area (Å²) in [4.78, 5) is 16.5. The van der Waals surface area contributed by atoms with Crippen molar-refractivity contribution in [1.29, 1.82) is 0 Å². The molecule has 0 aliphatic heterocycles. The van der Waals surface area contributed by atoms with Crippen molar-refractivity contribution >= 4 is 17.2 Å². The Bertz CT molecular complexity index is 836. The highest BCUT2D eigenvalue weighted by molar-refractivity contribution is 5.91. The number of nitrogens with zero attached hydrogens (tertiary/aromatic N) is 2. The maximum atomic E-state index is 11.9. The molecule has 1 N–H and O–H groups in total. The van der Waals surface area contributed by atoms with E-state index in [9.17, 15) is 4.79 Å². The lowest BCUT2D eigenvalue weighted by atomic mass is 10.1. The van der Waals surface area contributed by atoms with E-state index < -0.39 is 0 Å². The van der Waals surface area contributed by atoms with Gasteiger partial charge in [-0.2, -0.15) is 0 Å². The van der Waals surface area contributed by atoms with Crippen LogP contribution in [0.3, 0.4) is 0 Å². The summed E-state index contributed by atoms with van der Waals surface area (Å²) in [6.45, 7) is 4.14. The normalized spacial score (nSPS) is 10.9. The molecule has 0 fully saturated rings. The van der Waals surface area contributed by atoms with Crippen LogP contribution in [0.4, 0.5) is 5.69 Å². The van der Waals surface area contributed by atoms with Gasteiger partial charge in [0.25, 0.3) is 0 Å². The summed E-state index contributed by atoms with van der Waals surface area (Å²) in [6.07, 6.45) is 6.57. The van der Waals surface area contributed by atoms with Crippen molar-refractivity contribution in [2.24, 2.45) is 0 Å². The maximum absolute atomic E-state index is 11.9. The molecule has 0 saturated carbocycles. The molecule has 0 aliphatic rings. The zero-order valence-corrected chi connectivity index (χ0v) is 13.5. The minimum Gasteiger partial charge on any atom is -0.326 e. The Morgan fingerprint density at radius 3 is 2.91 bits per heavy atom. The Morgan fingerprint density at radius 1 is 1.22 bits per heavy atom. The van der Waals surface area contributed by atoms with Gasteiger partial charge in [0.1, 0.15) is 5.65 Å². The number of carbonyl (C=O) groups is 1. The summed E-state index contributed by atoms with van der Waals surface area (Å²) in [5, 5.41) is 2.96. The zero-order valence-electron chi connectivity index (χ0n) is 13.5. The monoisotopic (exact) mass is 307 g/mol. The van der Waals surface area contributed by atoms with Crippen LogP contribution < -0.4 is 5.32 Å². The van der Waals surface area contributed by atoms with Gasteiger partial charge in [0.2, 0.25) is 5.91 Å². The highest BCUT2D eigenvalue weighted by Gasteiger charge is 2.07. The number of pyridine rings is 1. The first-order valence-electron chi connectivity index (χ1n) is 8.01. The quantitative estimate of drug-likeness (QED) is 0.757. The molecule has 0 bridgehead atoms. The lowest BCUT2D eigenvalue weighted by Crippen LogP contribution is -2.10. The molecule has 1 amide bonds. The van der Waals surface area contributed by atoms with Gasteiger partial charge in [-0.05, 0) is 37.1 Å². The number of aromatic nitrogens is 2. The van der Waals surface area contributed by atoms with E-state index in [2.05, 4.69) is 36.4 Å². The fraction of sp³-hybridized carbons (Fsp3) is 0.263. The summed E-state index contributed by atoms with van der Waals surface area (Å²) in [6, 6.07) is 11.9. The number of aryl methyl sites for hydroxylation is 1. The van der Waals surface area contributed by atoms with Gasteiger partial charge < -0.3 is 9.72 Å². The second-order valence-electron chi connectivity index (χ2n) is 5.83. The van der Waals surface area contributed by atoms with Crippen LogP contribution in [0.25, 0.3) is 16.9 Å². The number of hydrogen-bond donors (Lipinski definition) is 1. The number of rotatable bonds is 5. The minimum absolute atomic E-state index is 0.0645. The predicted octanol–water partition coefficient (Wildman–Crippen LogP) is 4.44. The fourth-order valence-electron chi connectivity index (χ4n) is 2.56. The first-order valence-corrected chi connectivity index (χ1v) is 8.01. The van der Waals surface area contributed by atoms with Crippen molar-refractivity contribution in [3.8, 4) is 11.3 Å². The number of imidazole rings is 1. The molecule has 3 aromatic rings. The second kappa shape index (κ2) is 6.65. The number of hydrogen-bond acceptors (Lipinski definition) is 2. The number of nitrogens with one attached hydrogen (secondary N) is 1. The number of carbonyl (C=O) groups excluding carboxylic acids is 1. The summed E-state index contributed by atoms with van der Waals surface area (Å²) in [5.74, 6) is 0.0645. The van der Waals surface area contributed by atoms with Crippen LogP contribution in [0.1, 0.15) is 31.7 Å². The minimum atomic E-state index is 0.0645. The molecule has 0 radical (unpaired) electrons. The third kappa shape index (κ3) is 3.59. The average molecular weight is 307 g/mol. The summed E-state index contributed by atoms with van der Waals surface area (Å²) >= 11 is 0. The summed E-state index contributed by atoms with van der Waals surface area (Å²) < 4.78 is 2.02. The van der Waals surface area contributed by atoms with E-state index in [-0.39, 0.29) is 5.91 Å². The first kappa shape index (κ1) is 15.3. The van der Waals surface area contributed by atoms with Crippen LogP contribution in [-0.4, -0.2) is 15.3 Å². The SMILES string of the molecule is CCCCC(=O)Nc1cccc(-c2cn3cc(C)ccc3n2)c1. The van der Waals surface area contributed by atoms with Gasteiger partial charge in [-0.1, -0.05) is 31.5 Å². The molecule has 23 heavy (non-hydrogen) atoms. The highest BCUT2D eigenvalue weighted by Crippen LogP contribution is 2.23. The van der Waals surface area contributed by atoms with E-state index in [1.165, 1.54) is 5.56 Å². The first-order chi connectivity index (χ1) is 11.2. The van der Waals surface area contributed by atoms with Gasteiger partial charge in [-0.15, -0.1) is 0 Å². The van der Waals surface area contributed by atoms with E-state index in [0.717, 1.165) is 35.4 Å². The topological polar surface area (TPSA) is 46.4 Å². The van der Waals surface area contributed by atoms with Gasteiger partial charge in [-0.3, -0.25) is 4.79 Å². The van der Waals surface area contributed by atoms with Crippen molar-refractivity contribution in [2.45, 2.75) is 33.1 Å². The molecular formula is C19H21N3O. The van der Waals surface area contributed by atoms with E-state index >= 15 is 0 Å². The van der Waals surface area contributed by atoms with Crippen LogP contribution in [-0.2, 0) is 4.79 Å². The highest BCUT2D eigenvalue weighted by atomic mass is 16.1. The van der Waals surface area contributed by atoms with Crippen molar-refractivity contribution in [2.75, 3.05) is 5.32 Å². The van der Waals surface area contributed by atoms with Gasteiger partial charge >= 0.3 is 0 Å². The van der Waals surface area contributed by atoms with E-state index in [1.807, 2.05) is 40.9 Å². The zero-order chi connectivity index (χ0) is 16.2. The van der Waals surface area contributed by atoms with Crippen molar-refractivity contribution in [3.63, 3.8) is 0 Å². The summed E-state index contributed by atoms with van der Waals surface area (Å²) in [5.41, 5.74) is 4.83. The molecule has 3 rings (SSSR count). The Balaban J connectivity index is 1.84. The van der Waals surface area contributed by atoms with Gasteiger partial charge in [0, 0.05) is 30.1 Å².